The van der Waals surface area contributed by atoms with Crippen molar-refractivity contribution < 1.29 is 0 Å². The first kappa shape index (κ1) is 24.1. The molecule has 3 aromatic carbocycles. The number of nitrogens with zero attached hydrogens (tertiary/aromatic N) is 8. The lowest BCUT2D eigenvalue weighted by molar-refractivity contribution is 0.901. The van der Waals surface area contributed by atoms with Crippen LogP contribution in [0.1, 0.15) is 22.8 Å². The predicted octanol–water partition coefficient (Wildman–Crippen LogP) is 5.41. The Morgan fingerprint density at radius 2 is 1.03 bits per heavy atom. The van der Waals surface area contributed by atoms with E-state index < -0.39 is 0 Å². The largest absolute Gasteiger partial charge is 0.310 e. The quantitative estimate of drug-likeness (QED) is 0.292. The van der Waals surface area contributed by atoms with Gasteiger partial charge in [-0.2, -0.15) is 10.5 Å². The minimum absolute atomic E-state index is 0.379. The number of allylic oxidation sites excluding steroid dienone is 2. The van der Waals surface area contributed by atoms with Gasteiger partial charge in [-0.1, -0.05) is 78.9 Å². The van der Waals surface area contributed by atoms with Crippen LogP contribution in [0.25, 0.3) is 46.1 Å². The second-order valence-corrected chi connectivity index (χ2v) is 8.55. The van der Waals surface area contributed by atoms with Crippen molar-refractivity contribution in [2.45, 2.75) is 0 Å². The van der Waals surface area contributed by atoms with Crippen LogP contribution in [0.3, 0.4) is 0 Å². The Labute approximate surface area is 220 Å². The molecular weight excluding hydrogens is 472 g/mol. The van der Waals surface area contributed by atoms with Crippen molar-refractivity contribution in [2.24, 2.45) is 14.1 Å². The van der Waals surface area contributed by atoms with Gasteiger partial charge in [0.2, 0.25) is 0 Å². The first-order chi connectivity index (χ1) is 18.6. The number of hydrogen-bond donors (Lipinski definition) is 0. The van der Waals surface area contributed by atoms with Gasteiger partial charge in [-0.05, 0) is 29.3 Å². The van der Waals surface area contributed by atoms with Crippen molar-refractivity contribution in [3.8, 4) is 34.9 Å². The summed E-state index contributed by atoms with van der Waals surface area (Å²) in [6, 6.07) is 31.5. The van der Waals surface area contributed by atoms with Crippen molar-refractivity contribution >= 4 is 23.3 Å². The van der Waals surface area contributed by atoms with Gasteiger partial charge >= 0.3 is 0 Å². The summed E-state index contributed by atoms with van der Waals surface area (Å²) in [6.45, 7) is 0. The Balaban J connectivity index is 1.47. The summed E-state index contributed by atoms with van der Waals surface area (Å²) in [7, 11) is 3.68. The molecule has 0 aliphatic carbocycles. The molecule has 5 rings (SSSR count). The molecule has 38 heavy (non-hydrogen) atoms. The Hall–Kier alpha value is -5.60. The molecule has 2 aromatic heterocycles. The summed E-state index contributed by atoms with van der Waals surface area (Å²) in [5.41, 5.74) is 4.18. The van der Waals surface area contributed by atoms with Crippen LogP contribution in [-0.2, 0) is 14.1 Å². The zero-order chi connectivity index (χ0) is 26.5. The molecule has 0 saturated heterocycles. The topological polar surface area (TPSA) is 109 Å². The van der Waals surface area contributed by atoms with Crippen molar-refractivity contribution in [1.82, 2.24) is 29.5 Å². The van der Waals surface area contributed by atoms with E-state index in [0.717, 1.165) is 22.3 Å². The van der Waals surface area contributed by atoms with Gasteiger partial charge < -0.3 is 9.13 Å². The van der Waals surface area contributed by atoms with E-state index in [2.05, 4.69) is 32.5 Å². The number of nitriles is 2. The second-order valence-electron chi connectivity index (χ2n) is 8.55. The summed E-state index contributed by atoms with van der Waals surface area (Å²) >= 11 is 0. The van der Waals surface area contributed by atoms with Gasteiger partial charge in [-0.15, -0.1) is 20.4 Å². The number of rotatable bonds is 6. The van der Waals surface area contributed by atoms with Gasteiger partial charge in [0.25, 0.3) is 0 Å². The molecule has 0 amide bonds. The van der Waals surface area contributed by atoms with E-state index in [4.69, 9.17) is 0 Å². The monoisotopic (exact) mass is 494 g/mol. The Morgan fingerprint density at radius 3 is 1.42 bits per heavy atom. The molecule has 0 spiro atoms. The smallest absolute Gasteiger partial charge is 0.174 e. The van der Waals surface area contributed by atoms with Crippen molar-refractivity contribution in [3.05, 3.63) is 108 Å². The van der Waals surface area contributed by atoms with E-state index in [9.17, 15) is 10.5 Å². The van der Waals surface area contributed by atoms with Crippen LogP contribution in [0, 0.1) is 22.7 Å². The van der Waals surface area contributed by atoms with Gasteiger partial charge in [0, 0.05) is 25.2 Å². The van der Waals surface area contributed by atoms with E-state index in [1.54, 1.807) is 21.3 Å². The fourth-order valence-electron chi connectivity index (χ4n) is 4.17. The minimum Gasteiger partial charge on any atom is -0.310 e. The molecule has 0 bridgehead atoms. The third-order valence-electron chi connectivity index (χ3n) is 6.07. The summed E-state index contributed by atoms with van der Waals surface area (Å²) < 4.78 is 3.61. The average Bonchev–Trinajstić information content (AvgIpc) is 3.54. The highest BCUT2D eigenvalue weighted by atomic mass is 15.3. The number of benzene rings is 3. The third kappa shape index (κ3) is 4.75. The van der Waals surface area contributed by atoms with Crippen LogP contribution in [0.4, 0.5) is 0 Å². The zero-order valence-corrected chi connectivity index (χ0v) is 20.8. The van der Waals surface area contributed by atoms with Crippen molar-refractivity contribution in [3.63, 3.8) is 0 Å². The molecular formula is C30H22N8. The van der Waals surface area contributed by atoms with Crippen LogP contribution in [-0.4, -0.2) is 29.5 Å². The molecule has 0 radical (unpaired) electrons. The van der Waals surface area contributed by atoms with Crippen LogP contribution >= 0.6 is 0 Å². The highest BCUT2D eigenvalue weighted by molar-refractivity contribution is 5.90. The molecule has 8 heteroatoms. The van der Waals surface area contributed by atoms with Crippen molar-refractivity contribution in [1.29, 1.82) is 10.5 Å². The van der Waals surface area contributed by atoms with E-state index in [1.165, 1.54) is 0 Å². The third-order valence-corrected chi connectivity index (χ3v) is 6.07. The molecule has 5 aromatic rings. The Kier molecular flexibility index (Phi) is 6.71. The highest BCUT2D eigenvalue weighted by Gasteiger charge is 2.16. The fourth-order valence-corrected chi connectivity index (χ4v) is 4.17. The van der Waals surface area contributed by atoms with Crippen LogP contribution in [0.15, 0.2) is 84.9 Å². The highest BCUT2D eigenvalue weighted by Crippen LogP contribution is 2.24. The van der Waals surface area contributed by atoms with E-state index in [1.807, 2.05) is 99.0 Å². The molecule has 0 aliphatic heterocycles. The zero-order valence-electron chi connectivity index (χ0n) is 20.8. The summed E-state index contributed by atoms with van der Waals surface area (Å²) in [4.78, 5) is 0. The average molecular weight is 495 g/mol. The minimum atomic E-state index is 0.379. The van der Waals surface area contributed by atoms with Gasteiger partial charge in [-0.3, -0.25) is 0 Å². The van der Waals surface area contributed by atoms with E-state index in [-0.39, 0.29) is 0 Å². The van der Waals surface area contributed by atoms with Crippen LogP contribution in [0.5, 0.6) is 0 Å². The molecule has 0 aliphatic rings. The maximum Gasteiger partial charge on any atom is 0.174 e. The molecule has 0 unspecified atom stereocenters. The van der Waals surface area contributed by atoms with Crippen molar-refractivity contribution in [2.75, 3.05) is 0 Å². The summed E-state index contributed by atoms with van der Waals surface area (Å²) in [5, 5.41) is 36.9. The second kappa shape index (κ2) is 10.6. The maximum absolute atomic E-state index is 9.90. The molecule has 8 nitrogen and oxygen atoms in total. The van der Waals surface area contributed by atoms with Gasteiger partial charge in [0.05, 0.1) is 11.1 Å². The van der Waals surface area contributed by atoms with Crippen LogP contribution in [0.2, 0.25) is 0 Å². The molecule has 0 saturated carbocycles. The van der Waals surface area contributed by atoms with Gasteiger partial charge in [0.1, 0.15) is 12.1 Å². The standard InChI is InChI=1S/C30H22N8/c1-37-27(23-12-5-3-6-13-23)33-35-29(37)25(19-31)17-21-10-9-11-22(16-21)18-26(20-32)30-36-34-28(38(30)2)24-14-7-4-8-15-24/h3-18H,1-2H3/b25-17-,26-18-. The molecule has 2 heterocycles. The summed E-state index contributed by atoms with van der Waals surface area (Å²) in [5.74, 6) is 2.29. The molecule has 0 N–H and O–H groups in total. The molecule has 182 valence electrons. The number of hydrogen-bond acceptors (Lipinski definition) is 6. The first-order valence-electron chi connectivity index (χ1n) is 11.8. The lowest BCUT2D eigenvalue weighted by atomic mass is 10.1. The maximum atomic E-state index is 9.90. The predicted molar refractivity (Wildman–Crippen MR) is 146 cm³/mol. The molecule has 0 atom stereocenters. The van der Waals surface area contributed by atoms with Gasteiger partial charge in [-0.25, -0.2) is 0 Å². The Morgan fingerprint density at radius 1 is 0.605 bits per heavy atom. The summed E-state index contributed by atoms with van der Waals surface area (Å²) in [6.07, 6.45) is 3.52. The fraction of sp³-hybridized carbons (Fsp3) is 0.0667. The lowest BCUT2D eigenvalue weighted by Crippen LogP contribution is -1.99. The molecule has 0 fully saturated rings. The first-order valence-corrected chi connectivity index (χ1v) is 11.8. The number of aromatic nitrogens is 6. The lowest BCUT2D eigenvalue weighted by Gasteiger charge is -2.05. The van der Waals surface area contributed by atoms with Crippen LogP contribution < -0.4 is 0 Å². The van der Waals surface area contributed by atoms with Gasteiger partial charge in [0.15, 0.2) is 23.3 Å². The Bertz CT molecular complexity index is 1620. The SMILES string of the molecule is Cn1c(/C(C#N)=C\c2cccc(/C=C(/C#N)c3nnc(-c4ccccc4)n3C)c2)nnc1-c1ccccc1. The van der Waals surface area contributed by atoms with E-state index >= 15 is 0 Å². The normalized spacial score (nSPS) is 11.7. The van der Waals surface area contributed by atoms with E-state index in [0.29, 0.717) is 34.4 Å².